The Hall–Kier alpha value is -5.06. The maximum atomic E-state index is 13.1. The highest BCUT2D eigenvalue weighted by Crippen LogP contribution is 2.45. The number of rotatable bonds is 72. The molecule has 0 saturated heterocycles. The van der Waals surface area contributed by atoms with Crippen molar-refractivity contribution in [1.82, 2.24) is 0 Å². The number of allylic oxidation sites excluding steroid dienone is 24. The lowest BCUT2D eigenvalue weighted by Crippen LogP contribution is -2.30. The van der Waals surface area contributed by atoms with Gasteiger partial charge in [-0.2, -0.15) is 0 Å². The monoisotopic (exact) mass is 1470 g/mol. The third kappa shape index (κ3) is 73.3. The Morgan fingerprint density at radius 2 is 0.520 bits per heavy atom. The van der Waals surface area contributed by atoms with Crippen LogP contribution in [0.2, 0.25) is 0 Å². The van der Waals surface area contributed by atoms with Gasteiger partial charge in [-0.15, -0.1) is 0 Å². The second-order valence-electron chi connectivity index (χ2n) is 25.5. The number of esters is 4. The Labute approximate surface area is 617 Å². The van der Waals surface area contributed by atoms with Gasteiger partial charge in [0.05, 0.1) is 26.4 Å². The number of ether oxygens (including phenoxy) is 4. The first-order valence-electron chi connectivity index (χ1n) is 39.1. The number of hydrogen-bond donors (Lipinski definition) is 3. The molecular weight excluding hydrogens is 1330 g/mol. The molecule has 582 valence electrons. The van der Waals surface area contributed by atoms with Crippen LogP contribution in [0.5, 0.6) is 0 Å². The van der Waals surface area contributed by atoms with Crippen LogP contribution in [0.3, 0.4) is 0 Å². The highest BCUT2D eigenvalue weighted by Gasteiger charge is 2.30. The zero-order valence-corrected chi connectivity index (χ0v) is 65.3. The second kappa shape index (κ2) is 74.2. The largest absolute Gasteiger partial charge is 0.472 e. The molecule has 0 rings (SSSR count). The summed E-state index contributed by atoms with van der Waals surface area (Å²) in [5.41, 5.74) is 0. The van der Waals surface area contributed by atoms with E-state index < -0.39 is 97.5 Å². The SMILES string of the molecule is CC/C=C\C/C=C\C/C=C\C/C=C\C/C=C\CCCC(=O)OCC(COP(=O)(O)OCC(O)COP(=O)(O)OCC(COC(=O)CCCCCCC/C=C\C/C=C\CCCCC)OC(=O)CCCCCCCCCCCCCCC)OC(=O)CCC/C=C\C/C=C\C/C=C\C/C=C\C/C=C\CC. The van der Waals surface area contributed by atoms with E-state index >= 15 is 0 Å². The standard InChI is InChI=1S/C83H138O17P2/c1-5-9-13-17-21-25-29-33-36-38-41-45-48-52-56-60-64-68-81(86)94-74-79(100-83(88)70-66-62-58-54-50-46-42-39-37-34-30-26-22-18-14-10-6-2)76-98-102(91,92)96-72-77(84)71-95-101(89,90)97-75-78(99-82(87)69-65-61-57-53-49-43-32-28-24-20-16-12-8-4)73-93-80(85)67-63-59-55-51-47-44-40-35-31-27-23-19-15-11-7-3/h9-10,13-14,21-23,25-27,33-37,40-42,45-46,52,54,56,58,77-79,84H,5-8,11-12,15-20,24,28-32,38-39,43-44,47-51,53,55,57,59-76H2,1-4H3,(H,89,90)(H,91,92)/b13-9-,14-10-,25-21-,26-22-,27-23-,36-33-,37-34-,40-35-,45-41-,46-42-,56-52-,58-54-. The average molecular weight is 1470 g/mol. The van der Waals surface area contributed by atoms with Crippen LogP contribution >= 0.6 is 15.6 Å². The van der Waals surface area contributed by atoms with E-state index in [1.807, 2.05) is 24.3 Å². The Morgan fingerprint density at radius 3 is 0.853 bits per heavy atom. The minimum atomic E-state index is -5.01. The molecule has 0 amide bonds. The fourth-order valence-corrected chi connectivity index (χ4v) is 11.5. The van der Waals surface area contributed by atoms with E-state index in [0.29, 0.717) is 38.5 Å². The van der Waals surface area contributed by atoms with Gasteiger partial charge in [-0.3, -0.25) is 37.3 Å². The number of carbonyl (C=O) groups excluding carboxylic acids is 4. The van der Waals surface area contributed by atoms with Gasteiger partial charge >= 0.3 is 39.5 Å². The van der Waals surface area contributed by atoms with Crippen LogP contribution in [0.1, 0.15) is 297 Å². The van der Waals surface area contributed by atoms with Gasteiger partial charge < -0.3 is 33.8 Å². The van der Waals surface area contributed by atoms with E-state index in [4.69, 9.17) is 37.0 Å². The lowest BCUT2D eigenvalue weighted by atomic mass is 10.0. The predicted molar refractivity (Wildman–Crippen MR) is 417 cm³/mol. The van der Waals surface area contributed by atoms with E-state index in [0.717, 1.165) is 135 Å². The van der Waals surface area contributed by atoms with Gasteiger partial charge in [0.1, 0.15) is 19.3 Å². The Morgan fingerprint density at radius 1 is 0.284 bits per heavy atom. The topological polar surface area (TPSA) is 237 Å². The molecule has 0 aliphatic carbocycles. The van der Waals surface area contributed by atoms with Crippen molar-refractivity contribution in [2.24, 2.45) is 0 Å². The number of phosphoric acid groups is 2. The molecule has 0 saturated carbocycles. The van der Waals surface area contributed by atoms with Crippen molar-refractivity contribution >= 4 is 39.5 Å². The van der Waals surface area contributed by atoms with Crippen molar-refractivity contribution in [3.63, 3.8) is 0 Å². The van der Waals surface area contributed by atoms with E-state index in [-0.39, 0.29) is 25.7 Å². The van der Waals surface area contributed by atoms with Crippen molar-refractivity contribution in [3.8, 4) is 0 Å². The summed E-state index contributed by atoms with van der Waals surface area (Å²) < 4.78 is 68.4. The molecule has 0 aromatic rings. The van der Waals surface area contributed by atoms with Crippen molar-refractivity contribution in [1.29, 1.82) is 0 Å². The van der Waals surface area contributed by atoms with Crippen LogP contribution in [-0.2, 0) is 65.4 Å². The van der Waals surface area contributed by atoms with Crippen LogP contribution < -0.4 is 0 Å². The maximum Gasteiger partial charge on any atom is 0.472 e. The van der Waals surface area contributed by atoms with Gasteiger partial charge in [-0.25, -0.2) is 9.13 Å². The second-order valence-corrected chi connectivity index (χ2v) is 28.4. The van der Waals surface area contributed by atoms with Crippen LogP contribution in [0.4, 0.5) is 0 Å². The highest BCUT2D eigenvalue weighted by atomic mass is 31.2. The summed E-state index contributed by atoms with van der Waals surface area (Å²) in [4.78, 5) is 72.9. The van der Waals surface area contributed by atoms with Crippen molar-refractivity contribution in [2.75, 3.05) is 39.6 Å². The molecule has 102 heavy (non-hydrogen) atoms. The molecule has 0 radical (unpaired) electrons. The third-order valence-electron chi connectivity index (χ3n) is 15.8. The summed E-state index contributed by atoms with van der Waals surface area (Å²) in [5.74, 6) is -2.33. The van der Waals surface area contributed by atoms with E-state index in [1.165, 1.54) is 70.6 Å². The van der Waals surface area contributed by atoms with E-state index in [1.54, 1.807) is 0 Å². The van der Waals surface area contributed by atoms with Gasteiger partial charge in [-0.1, -0.05) is 283 Å². The minimum absolute atomic E-state index is 0.000101. The lowest BCUT2D eigenvalue weighted by molar-refractivity contribution is -0.161. The lowest BCUT2D eigenvalue weighted by Gasteiger charge is -2.21. The molecule has 5 unspecified atom stereocenters. The normalized spacial score (nSPS) is 14.7. The van der Waals surface area contributed by atoms with Crippen LogP contribution in [0.25, 0.3) is 0 Å². The predicted octanol–water partition coefficient (Wildman–Crippen LogP) is 22.7. The summed E-state index contributed by atoms with van der Waals surface area (Å²) in [6.07, 6.45) is 84.2. The molecule has 0 aliphatic rings. The molecule has 0 aromatic carbocycles. The Bertz CT molecular complexity index is 2510. The summed E-state index contributed by atoms with van der Waals surface area (Å²) in [6.45, 7) is 4.47. The summed E-state index contributed by atoms with van der Waals surface area (Å²) >= 11 is 0. The van der Waals surface area contributed by atoms with Gasteiger partial charge in [-0.05, 0) is 135 Å². The zero-order chi connectivity index (χ0) is 74.6. The van der Waals surface area contributed by atoms with Crippen LogP contribution in [-0.4, -0.2) is 96.7 Å². The minimum Gasteiger partial charge on any atom is -0.462 e. The van der Waals surface area contributed by atoms with Crippen molar-refractivity contribution < 1.29 is 80.2 Å². The highest BCUT2D eigenvalue weighted by molar-refractivity contribution is 7.47. The molecule has 0 fully saturated rings. The molecule has 3 N–H and O–H groups in total. The molecule has 17 nitrogen and oxygen atoms in total. The number of phosphoric ester groups is 2. The smallest absolute Gasteiger partial charge is 0.462 e. The number of hydrogen-bond acceptors (Lipinski definition) is 15. The fraction of sp³-hybridized carbons (Fsp3) is 0.663. The average Bonchev–Trinajstić information content (AvgIpc) is 0.959. The van der Waals surface area contributed by atoms with Crippen molar-refractivity contribution in [2.45, 2.75) is 316 Å². The summed E-state index contributed by atoms with van der Waals surface area (Å²) in [7, 11) is -10.00. The molecule has 0 aromatic heterocycles. The van der Waals surface area contributed by atoms with Gasteiger partial charge in [0.15, 0.2) is 12.2 Å². The number of carbonyl (C=O) groups is 4. The molecule has 5 atom stereocenters. The van der Waals surface area contributed by atoms with Crippen molar-refractivity contribution in [3.05, 3.63) is 146 Å². The Balaban J connectivity index is 5.47. The first kappa shape index (κ1) is 96.9. The van der Waals surface area contributed by atoms with Crippen LogP contribution in [0, 0.1) is 0 Å². The first-order valence-corrected chi connectivity index (χ1v) is 42.1. The molecule has 0 spiro atoms. The molecule has 0 heterocycles. The first-order chi connectivity index (χ1) is 49.7. The number of aliphatic hydroxyl groups excluding tert-OH is 1. The number of unbranched alkanes of at least 4 members (excludes halogenated alkanes) is 22. The summed E-state index contributed by atoms with van der Waals surface area (Å²) in [6, 6.07) is 0. The van der Waals surface area contributed by atoms with Crippen LogP contribution in [0.15, 0.2) is 146 Å². The van der Waals surface area contributed by atoms with E-state index in [9.17, 15) is 43.2 Å². The molecule has 19 heteroatoms. The molecule has 0 aliphatic heterocycles. The number of aliphatic hydroxyl groups is 1. The quantitative estimate of drug-likeness (QED) is 0.0169. The Kier molecular flexibility index (Phi) is 70.5. The zero-order valence-electron chi connectivity index (χ0n) is 63.5. The maximum absolute atomic E-state index is 13.1. The molecular formula is C83H138O17P2. The van der Waals surface area contributed by atoms with Gasteiger partial charge in [0.25, 0.3) is 0 Å². The van der Waals surface area contributed by atoms with Gasteiger partial charge in [0, 0.05) is 25.7 Å². The fourth-order valence-electron chi connectivity index (χ4n) is 9.91. The van der Waals surface area contributed by atoms with Gasteiger partial charge in [0.2, 0.25) is 0 Å². The summed E-state index contributed by atoms with van der Waals surface area (Å²) in [5, 5.41) is 10.6. The third-order valence-corrected chi connectivity index (χ3v) is 17.7. The molecule has 0 bridgehead atoms. The van der Waals surface area contributed by atoms with E-state index in [2.05, 4.69) is 149 Å².